The van der Waals surface area contributed by atoms with Crippen molar-refractivity contribution in [3.63, 3.8) is 0 Å². The number of thiazole rings is 1. The van der Waals surface area contributed by atoms with Gasteiger partial charge in [-0.05, 0) is 62.7 Å². The molecule has 2 aliphatic heterocycles. The van der Waals surface area contributed by atoms with Gasteiger partial charge in [-0.1, -0.05) is 0 Å². The van der Waals surface area contributed by atoms with Gasteiger partial charge in [-0.25, -0.2) is 4.98 Å². The average Bonchev–Trinajstić information content (AvgIpc) is 3.60. The summed E-state index contributed by atoms with van der Waals surface area (Å²) in [5.74, 6) is 1.79. The SMILES string of the molecule is CNc1sc2c(c1-c1nc3cnccc3s1)CC(C)NC2.O=CCCNC1CC2CNCC2C1. The fourth-order valence-corrected chi connectivity index (χ4v) is 7.70. The molecule has 9 heteroatoms. The van der Waals surface area contributed by atoms with Crippen molar-refractivity contribution in [2.75, 3.05) is 32.0 Å². The van der Waals surface area contributed by atoms with Crippen LogP contribution in [0.2, 0.25) is 0 Å². The molecule has 1 aliphatic carbocycles. The second-order valence-corrected chi connectivity index (χ2v) is 11.7. The average molecular weight is 499 g/mol. The van der Waals surface area contributed by atoms with Crippen LogP contribution in [0.3, 0.4) is 0 Å². The van der Waals surface area contributed by atoms with Gasteiger partial charge in [-0.15, -0.1) is 22.7 Å². The van der Waals surface area contributed by atoms with E-state index >= 15 is 0 Å². The molecule has 0 bridgehead atoms. The molecule has 7 nitrogen and oxygen atoms in total. The van der Waals surface area contributed by atoms with Crippen molar-refractivity contribution in [2.45, 2.75) is 51.2 Å². The Morgan fingerprint density at radius 2 is 2.06 bits per heavy atom. The summed E-state index contributed by atoms with van der Waals surface area (Å²) in [7, 11) is 1.99. The number of rotatable bonds is 6. The summed E-state index contributed by atoms with van der Waals surface area (Å²) < 4.78 is 1.20. The lowest BCUT2D eigenvalue weighted by molar-refractivity contribution is -0.107. The second kappa shape index (κ2) is 10.8. The Kier molecular flexibility index (Phi) is 7.55. The minimum Gasteiger partial charge on any atom is -0.379 e. The number of thiophene rings is 1. The third kappa shape index (κ3) is 5.04. The molecule has 3 aromatic heterocycles. The van der Waals surface area contributed by atoms with Crippen LogP contribution in [-0.2, 0) is 17.8 Å². The number of hydrogen-bond donors (Lipinski definition) is 4. The van der Waals surface area contributed by atoms with Crippen LogP contribution in [0.15, 0.2) is 18.5 Å². The zero-order valence-corrected chi connectivity index (χ0v) is 21.5. The van der Waals surface area contributed by atoms with E-state index in [0.29, 0.717) is 18.5 Å². The Balaban J connectivity index is 0.000000159. The number of nitrogens with zero attached hydrogens (tertiary/aromatic N) is 2. The van der Waals surface area contributed by atoms with E-state index in [-0.39, 0.29) is 0 Å². The zero-order chi connectivity index (χ0) is 23.5. The molecule has 0 spiro atoms. The largest absolute Gasteiger partial charge is 0.379 e. The van der Waals surface area contributed by atoms with Crippen molar-refractivity contribution in [1.29, 1.82) is 0 Å². The summed E-state index contributed by atoms with van der Waals surface area (Å²) in [5, 5.41) is 16.1. The maximum absolute atomic E-state index is 10.1. The summed E-state index contributed by atoms with van der Waals surface area (Å²) in [4.78, 5) is 20.5. The van der Waals surface area contributed by atoms with Gasteiger partial charge in [0.05, 0.1) is 15.9 Å². The highest BCUT2D eigenvalue weighted by Gasteiger charge is 2.36. The van der Waals surface area contributed by atoms with Crippen molar-refractivity contribution in [2.24, 2.45) is 11.8 Å². The van der Waals surface area contributed by atoms with Crippen LogP contribution in [0.25, 0.3) is 20.8 Å². The molecular weight excluding hydrogens is 464 g/mol. The van der Waals surface area contributed by atoms with Gasteiger partial charge in [0.15, 0.2) is 0 Å². The van der Waals surface area contributed by atoms with E-state index in [1.807, 2.05) is 36.8 Å². The molecule has 34 heavy (non-hydrogen) atoms. The number of pyridine rings is 1. The van der Waals surface area contributed by atoms with E-state index in [1.165, 1.54) is 51.6 Å². The van der Waals surface area contributed by atoms with Crippen LogP contribution in [0.5, 0.6) is 0 Å². The third-order valence-electron chi connectivity index (χ3n) is 7.19. The van der Waals surface area contributed by atoms with Crippen LogP contribution in [-0.4, -0.2) is 55.0 Å². The van der Waals surface area contributed by atoms with Crippen molar-refractivity contribution in [3.05, 3.63) is 28.9 Å². The van der Waals surface area contributed by atoms with Crippen molar-refractivity contribution in [1.82, 2.24) is 25.9 Å². The lowest BCUT2D eigenvalue weighted by atomic mass is 9.99. The molecule has 3 atom stereocenters. The molecule has 2 fully saturated rings. The van der Waals surface area contributed by atoms with Gasteiger partial charge >= 0.3 is 0 Å². The summed E-state index contributed by atoms with van der Waals surface area (Å²) in [6.45, 7) is 6.47. The van der Waals surface area contributed by atoms with Crippen molar-refractivity contribution >= 4 is 44.2 Å². The predicted molar refractivity (Wildman–Crippen MR) is 142 cm³/mol. The van der Waals surface area contributed by atoms with Crippen LogP contribution in [0, 0.1) is 11.8 Å². The normalized spacial score (nSPS) is 25.5. The predicted octanol–water partition coefficient (Wildman–Crippen LogP) is 3.66. The lowest BCUT2D eigenvalue weighted by Crippen LogP contribution is -2.31. The molecule has 1 saturated heterocycles. The van der Waals surface area contributed by atoms with E-state index in [0.717, 1.165) is 48.2 Å². The maximum atomic E-state index is 10.1. The summed E-state index contributed by atoms with van der Waals surface area (Å²) >= 11 is 3.60. The van der Waals surface area contributed by atoms with E-state index in [2.05, 4.69) is 33.2 Å². The van der Waals surface area contributed by atoms with Gasteiger partial charge in [0.2, 0.25) is 0 Å². The van der Waals surface area contributed by atoms with E-state index in [1.54, 1.807) is 11.3 Å². The van der Waals surface area contributed by atoms with Crippen LogP contribution in [0.1, 0.15) is 36.6 Å². The number of fused-ring (bicyclic) bond motifs is 3. The molecule has 3 aliphatic rings. The highest BCUT2D eigenvalue weighted by molar-refractivity contribution is 7.22. The first-order chi connectivity index (χ1) is 16.7. The topological polar surface area (TPSA) is 91.0 Å². The molecular formula is C25H34N6OS2. The molecule has 5 heterocycles. The second-order valence-electron chi connectivity index (χ2n) is 9.56. The van der Waals surface area contributed by atoms with Gasteiger partial charge in [0.1, 0.15) is 16.8 Å². The molecule has 0 radical (unpaired) electrons. The van der Waals surface area contributed by atoms with Crippen LogP contribution in [0.4, 0.5) is 5.00 Å². The monoisotopic (exact) mass is 498 g/mol. The first kappa shape index (κ1) is 23.8. The summed E-state index contributed by atoms with van der Waals surface area (Å²) in [6.07, 6.45) is 8.99. The third-order valence-corrected chi connectivity index (χ3v) is 9.50. The first-order valence-corrected chi connectivity index (χ1v) is 13.9. The zero-order valence-electron chi connectivity index (χ0n) is 19.9. The van der Waals surface area contributed by atoms with Gasteiger partial charge in [-0.3, -0.25) is 4.98 Å². The number of carbonyl (C=O) groups excluding carboxylic acids is 1. The Morgan fingerprint density at radius 3 is 2.79 bits per heavy atom. The molecule has 4 N–H and O–H groups in total. The summed E-state index contributed by atoms with van der Waals surface area (Å²) in [6, 6.07) is 3.24. The first-order valence-electron chi connectivity index (χ1n) is 12.3. The number of anilines is 1. The molecule has 6 rings (SSSR count). The molecule has 3 unspecified atom stereocenters. The molecule has 3 aromatic rings. The number of nitrogens with one attached hydrogen (secondary N) is 4. The Hall–Kier alpha value is -1.91. The van der Waals surface area contributed by atoms with Crippen LogP contribution >= 0.6 is 22.7 Å². The number of hydrogen-bond acceptors (Lipinski definition) is 9. The van der Waals surface area contributed by atoms with E-state index < -0.39 is 0 Å². The van der Waals surface area contributed by atoms with Gasteiger partial charge in [-0.2, -0.15) is 0 Å². The lowest BCUT2D eigenvalue weighted by Gasteiger charge is -2.20. The van der Waals surface area contributed by atoms with E-state index in [4.69, 9.17) is 4.98 Å². The Bertz CT molecular complexity index is 1080. The fourth-order valence-electron chi connectivity index (χ4n) is 5.48. The highest BCUT2D eigenvalue weighted by Crippen LogP contribution is 2.45. The van der Waals surface area contributed by atoms with Crippen molar-refractivity contribution < 1.29 is 4.79 Å². The van der Waals surface area contributed by atoms with Gasteiger partial charge in [0, 0.05) is 55.3 Å². The van der Waals surface area contributed by atoms with Gasteiger partial charge in [0.25, 0.3) is 0 Å². The van der Waals surface area contributed by atoms with Crippen LogP contribution < -0.4 is 21.3 Å². The summed E-state index contributed by atoms with van der Waals surface area (Å²) in [5.41, 5.74) is 3.75. The molecule has 0 amide bonds. The quantitative estimate of drug-likeness (QED) is 0.305. The fraction of sp³-hybridized carbons (Fsp3) is 0.560. The Morgan fingerprint density at radius 1 is 1.24 bits per heavy atom. The molecule has 0 aromatic carbocycles. The molecule has 182 valence electrons. The standard InChI is InChI=1S/C15H16N4S2.C10H18N2O/c1-8-5-9-12(7-18-8)21-14(16-2)13(9)15-19-10-6-17-4-3-11(10)20-15;13-3-1-2-12-10-4-8-6-11-7-9(8)5-10/h3-4,6,8,16,18H,5,7H2,1-2H3;3,8-12H,1-2,4-7H2. The number of aromatic nitrogens is 2. The number of aldehydes is 1. The van der Waals surface area contributed by atoms with Gasteiger partial charge < -0.3 is 26.1 Å². The molecule has 1 saturated carbocycles. The Labute approximate surface area is 209 Å². The van der Waals surface area contributed by atoms with E-state index in [9.17, 15) is 4.79 Å². The smallest absolute Gasteiger partial charge is 0.127 e. The number of carbonyl (C=O) groups is 1. The highest BCUT2D eigenvalue weighted by atomic mass is 32.1. The minimum atomic E-state index is 0.520. The van der Waals surface area contributed by atoms with Crippen molar-refractivity contribution in [3.8, 4) is 10.6 Å². The minimum absolute atomic E-state index is 0.520. The maximum Gasteiger partial charge on any atom is 0.127 e.